The fourth-order valence-corrected chi connectivity index (χ4v) is 145. The Bertz CT molecular complexity index is 9560. The molecule has 0 nitrogen and oxygen atoms in total. The van der Waals surface area contributed by atoms with Crippen molar-refractivity contribution < 1.29 is 0 Å². The van der Waals surface area contributed by atoms with E-state index in [1.165, 1.54) is 132 Å². The minimum Gasteiger partial charge on any atom is -0.0816 e. The van der Waals surface area contributed by atoms with Gasteiger partial charge in [0, 0.05) is 18.7 Å². The van der Waals surface area contributed by atoms with Gasteiger partial charge in [-0.15, -0.1) is 0 Å². The summed E-state index contributed by atoms with van der Waals surface area (Å²) in [6, 6.07) is 0. The Morgan fingerprint density at radius 1 is 0.216 bits per heavy atom. The van der Waals surface area contributed by atoms with Crippen LogP contribution in [-0.2, 0) is 0 Å². The van der Waals surface area contributed by atoms with Crippen molar-refractivity contribution in [1.82, 2.24) is 0 Å². The maximum atomic E-state index is 3.88. The zero-order chi connectivity index (χ0) is 62.4. The normalized spacial score (nSPS) is 155. The van der Waals surface area contributed by atoms with Crippen LogP contribution in [0.4, 0.5) is 0 Å². The second-order valence-electron chi connectivity index (χ2n) is 74.1. The molecule has 0 saturated heterocycles. The molecule has 82 saturated carbocycles. The van der Waals surface area contributed by atoms with Gasteiger partial charge in [0.1, 0.15) is 0 Å². The van der Waals surface area contributed by atoms with Gasteiger partial charge in [0.15, 0.2) is 0 Å². The van der Waals surface area contributed by atoms with E-state index in [0.29, 0.717) is 0 Å². The third-order valence-electron chi connectivity index (χ3n) is 103. The van der Waals surface area contributed by atoms with Crippen molar-refractivity contribution in [3.8, 4) is 0 Å². The Morgan fingerprint density at radius 2 is 0.649 bits per heavy atom. The minimum atomic E-state index is 0.840. The van der Waals surface area contributed by atoms with Crippen LogP contribution in [0.1, 0.15) is 67.7 Å². The Morgan fingerprint density at radius 3 is 1.32 bits per heavy atom. The molecule has 0 heterocycles. The van der Waals surface area contributed by atoms with Crippen LogP contribution in [0.25, 0.3) is 0 Å². The highest BCUT2D eigenvalue weighted by Gasteiger charge is 3.93. The van der Waals surface area contributed by atoms with Crippen molar-refractivity contribution in [1.29, 1.82) is 0 Å². The molecule has 0 aromatic rings. The SMILES string of the molecule is CC1[C@@H]2C34CC5(C)C67C8CC(C)C39C53C65C6%10C8C78[C@@H]7[C@@H]%11C%12%13C%14C%15C%16C(I)C%17%18C%19C%20C%21C%22CC%23C%24C%25C%26(C)C%27%28C%24%29C%25%24C%25C%30%31C(I)C%32C%33C%34C2%35C12C%341C%34%36C%33%35C%32%30C%34%30C%31%32C%25%24C%26%24C%27%25C%26%27C%28%31C%23%29C%23(C)C%22%20C%20%22C%21(C)C%21%28C%19(C)C%17%19C%17%29C%16%18C%15%12C%17%12C%14%15C7%13C7(C%1186)C%106C58C35C93C42C12C%361C%304C%24%32C%259C4%10C14C32C51C82C63C%157C%125C%296C%21%19C78C%28%20C%26(C%23%22%31)C7%11C%279C%107C14C21C53C68C%1117. The maximum absolute atomic E-state index is 3.88. The number of hydrogen-bond acceptors (Lipinski definition) is 0. The molecular weight excluding hydrogens is 1560 g/mol. The summed E-state index contributed by atoms with van der Waals surface area (Å²) in [5.41, 5.74) is 77.4. The smallest absolute Gasteiger partial charge is 0.0218 e. The van der Waals surface area contributed by atoms with E-state index < -0.39 is 0 Å². The van der Waals surface area contributed by atoms with E-state index in [4.69, 9.17) is 0 Å². The Hall–Kier alpha value is 1.46. The molecule has 82 aliphatic rings. The topological polar surface area (TPSA) is 0 Å². The van der Waals surface area contributed by atoms with Crippen LogP contribution in [0.15, 0.2) is 0 Å². The lowest BCUT2D eigenvalue weighted by atomic mass is 8.21. The summed E-state index contributed by atoms with van der Waals surface area (Å²) in [6.07, 6.45) is 6.15. The molecule has 500 valence electrons. The van der Waals surface area contributed by atoms with Crippen molar-refractivity contribution in [2.45, 2.75) is 75.6 Å². The highest BCUT2D eigenvalue weighted by Crippen LogP contribution is 3.99. The highest BCUT2D eigenvalue weighted by atomic mass is 127. The predicted octanol–water partition coefficient (Wildman–Crippen LogP) is 11.7. The first kappa shape index (κ1) is 36.6. The summed E-state index contributed by atoms with van der Waals surface area (Å²) >= 11 is 7.74. The average Bonchev–Trinajstić information content (AvgIpc) is 1.33. The van der Waals surface area contributed by atoms with Crippen molar-refractivity contribution in [2.75, 3.05) is 0 Å². The predicted molar refractivity (Wildman–Crippen MR) is 375 cm³/mol. The van der Waals surface area contributed by atoms with Crippen LogP contribution in [0, 0.1) is 536 Å². The molecule has 111 heavy (non-hydrogen) atoms. The fourth-order valence-electron chi connectivity index (χ4n) is 140. The molecule has 71 spiro atoms. The van der Waals surface area contributed by atoms with E-state index in [0.717, 1.165) is 412 Å². The molecular formula is C109H50I2. The molecule has 0 aromatic carbocycles. The lowest BCUT2D eigenvalue weighted by Gasteiger charge is -3.80. The van der Waals surface area contributed by atoms with Crippen molar-refractivity contribution in [3.63, 3.8) is 0 Å². The Labute approximate surface area is 650 Å². The van der Waals surface area contributed by atoms with Gasteiger partial charge >= 0.3 is 0 Å². The van der Waals surface area contributed by atoms with E-state index in [2.05, 4.69) is 100 Å². The largest absolute Gasteiger partial charge is 0.0816 e. The first-order chi connectivity index (χ1) is 54.3. The summed E-state index contributed by atoms with van der Waals surface area (Å²) in [5, 5.41) is 0. The summed E-state index contributed by atoms with van der Waals surface area (Å²) < 4.78 is 2.44. The summed E-state index contributed by atoms with van der Waals surface area (Å²) in [5.74, 6) is 28.6. The molecule has 99 atom stereocenters. The quantitative estimate of drug-likeness (QED) is 0.168. The third-order valence-corrected chi connectivity index (χ3v) is 107. The summed E-state index contributed by atoms with van der Waals surface area (Å²) in [4.78, 5) is 0. The van der Waals surface area contributed by atoms with E-state index in [1.54, 1.807) is 0 Å². The van der Waals surface area contributed by atoms with Gasteiger partial charge in [-0.2, -0.15) is 0 Å². The van der Waals surface area contributed by atoms with Crippen molar-refractivity contribution in [2.24, 2.45) is 352 Å². The van der Waals surface area contributed by atoms with Gasteiger partial charge in [-0.1, -0.05) is 93.6 Å². The zero-order valence-electron chi connectivity index (χ0n) is 61.2. The van der Waals surface area contributed by atoms with Gasteiger partial charge in [0.25, 0.3) is 0 Å². The lowest BCUT2D eigenvalue weighted by molar-refractivity contribution is -0.949. The maximum Gasteiger partial charge on any atom is 0.0218 e. The summed E-state index contributed by atoms with van der Waals surface area (Å²) in [7, 11) is 0. The van der Waals surface area contributed by atoms with Gasteiger partial charge in [-0.05, 0) is 544 Å². The molecule has 0 aromatic heterocycles. The van der Waals surface area contributed by atoms with Crippen LogP contribution >= 0.6 is 45.2 Å². The number of rotatable bonds is 0. The molecule has 0 radical (unpaired) electrons. The Balaban J connectivity index is 0.654. The molecule has 0 amide bonds. The van der Waals surface area contributed by atoms with Crippen molar-refractivity contribution >= 4 is 45.2 Å². The van der Waals surface area contributed by atoms with Crippen LogP contribution < -0.4 is 0 Å². The molecule has 82 rings (SSSR count). The van der Waals surface area contributed by atoms with Gasteiger partial charge in [0.05, 0.1) is 0 Å². The number of hydrogen-bond donors (Lipinski definition) is 0. The minimum absolute atomic E-state index is 0.840. The van der Waals surface area contributed by atoms with Gasteiger partial charge in [-0.3, -0.25) is 0 Å². The number of alkyl halides is 2. The second kappa shape index (κ2) is 4.85. The van der Waals surface area contributed by atoms with Gasteiger partial charge in [0.2, 0.25) is 0 Å². The van der Waals surface area contributed by atoms with Crippen LogP contribution in [-0.4, -0.2) is 7.85 Å². The number of halogens is 2. The third kappa shape index (κ3) is 0.630. The highest BCUT2D eigenvalue weighted by molar-refractivity contribution is 14.1. The first-order valence-corrected chi connectivity index (χ1v) is 56.1. The van der Waals surface area contributed by atoms with Crippen LogP contribution in [0.5, 0.6) is 0 Å². The second-order valence-corrected chi connectivity index (χ2v) is 76.8. The lowest BCUT2D eigenvalue weighted by Crippen LogP contribution is -3.74. The fraction of sp³-hybridized carbons (Fsp3) is 1.00. The van der Waals surface area contributed by atoms with Crippen molar-refractivity contribution in [3.05, 3.63) is 184 Å². The molecule has 2 heteroatoms. The monoisotopic (exact) mass is 1610 g/mol. The van der Waals surface area contributed by atoms with Gasteiger partial charge in [-0.25, -0.2) is 0 Å². The van der Waals surface area contributed by atoms with E-state index in [9.17, 15) is 0 Å². The first-order valence-electron chi connectivity index (χ1n) is 53.6. The molecule has 0 N–H and O–H groups in total. The molecule has 0 aliphatic heterocycles. The van der Waals surface area contributed by atoms with E-state index >= 15 is 0 Å². The van der Waals surface area contributed by atoms with E-state index in [-0.39, 0.29) is 0 Å². The average molecular weight is 1610 g/mol. The van der Waals surface area contributed by atoms with Crippen LogP contribution in [0.3, 0.4) is 0 Å². The molecule has 82 fully saturated rings. The summed E-state index contributed by atoms with van der Waals surface area (Å²) in [6.45, 7) is 26.1. The molecule has 96 unspecified atom stereocenters. The standard InChI is InChI=1S/C109H50I2/c1-11-8-15-24-42-29-30-43-28-19-21-31(110)44-26-18-16-13-9-14-17-25-37(6)66-51(17)45(25)33-46-32(111)22-20-27-41-23-12(2)48(41)59(27)72-52(20,41)55(22,46)78(72)70(46)61(33,45)67(37)85(66)93-76(66)50(14,51)38(7)40(13,18)64-35(16,4)63-36(26,5)65(44)77-54(21,44)53(19,43)73(77)60(28)57(29,43)74-56(30,42)58(24)71-49(15,42)34(3)10-39(23)47(11)62(34,71)82-75(47)69(39,48)79(59)89(72)95(78)86(67,70)98(85)103(93)99-87(93,68(38,64)76)83(63,64)97(99)84(63,65)94(77)90(73)81(60,74)92-80(58,74)88(71,82)100(92)96(82)91(75,79)101(89)105(95,98)109(103)106(96,101)108(100)102(90,92)104(94,97)107(99,108)109/h11-33H,8-10H2,1-7H3/t11?,12?,13?,14?,15?,16?,17?,18?,19?,20?,21?,22?,23-,24?,25?,26?,27?,28?,29+,30-,31?,32?,33?,34?,35?,36?,37?,38?,39?,40?,41?,42?,43?,44?,45?,46?,47?,48?,49?,50?,51?,52?,53?,54?,55?,56?,57?,58?,59?,60?,61?,62?,63?,64?,65?,66?,67?,68?,69?,70?,71?,72?,73?,74?,75?,76?,77?,78?,79?,80?,81?,82?,83?,84?,85?,86?,87?,88?,89?,90?,91?,92?,93?,94?,95?,96?,97?,98?,99?,100?,101?,102?,103?,104?,105?,106?,107?,108?,109?/m1/s1. The molecule has 16 bridgehead atoms. The zero-order valence-corrected chi connectivity index (χ0v) is 65.5. The van der Waals surface area contributed by atoms with Crippen LogP contribution in [0.2, 0.25) is 0 Å². The van der Waals surface area contributed by atoms with Gasteiger partial charge < -0.3 is 0 Å². The Kier molecular flexibility index (Phi) is 1.60. The number of fused-ring (bicyclic) bond motifs is 8. The van der Waals surface area contributed by atoms with E-state index in [1.807, 2.05) is 12.8 Å². The molecule has 82 aliphatic carbocycles.